The van der Waals surface area contributed by atoms with Crippen molar-refractivity contribution in [3.05, 3.63) is 90.1 Å². The Hall–Kier alpha value is -3.39. The molecule has 140 valence electrons. The maximum Gasteiger partial charge on any atom is 0.252 e. The zero-order valence-electron chi connectivity index (χ0n) is 14.9. The molecule has 2 aromatic carbocycles. The zero-order valence-corrected chi connectivity index (χ0v) is 15.7. The lowest BCUT2D eigenvalue weighted by Crippen LogP contribution is -2.23. The van der Waals surface area contributed by atoms with Crippen molar-refractivity contribution in [1.29, 1.82) is 0 Å². The van der Waals surface area contributed by atoms with Crippen LogP contribution in [0.4, 0.5) is 0 Å². The van der Waals surface area contributed by atoms with E-state index >= 15 is 0 Å². The quantitative estimate of drug-likeness (QED) is 0.486. The van der Waals surface area contributed by atoms with Gasteiger partial charge in [-0.05, 0) is 46.8 Å². The highest BCUT2D eigenvalue weighted by atomic mass is 32.2. The molecule has 0 radical (unpaired) electrons. The van der Waals surface area contributed by atoms with Gasteiger partial charge in [-0.1, -0.05) is 30.3 Å². The number of thioether (sulfide) groups is 1. The summed E-state index contributed by atoms with van der Waals surface area (Å²) in [5.74, 6) is 1.80. The average molecular weight is 391 g/mol. The van der Waals surface area contributed by atoms with Gasteiger partial charge in [0.05, 0.1) is 29.8 Å². The SMILES string of the molecule is O=C(NCc1ccco1)c1ccccc1SCc1nnnn1-c1ccccc1. The smallest absolute Gasteiger partial charge is 0.252 e. The van der Waals surface area contributed by atoms with E-state index in [2.05, 4.69) is 20.8 Å². The normalized spacial score (nSPS) is 10.7. The summed E-state index contributed by atoms with van der Waals surface area (Å²) in [4.78, 5) is 13.5. The van der Waals surface area contributed by atoms with E-state index in [1.54, 1.807) is 23.1 Å². The van der Waals surface area contributed by atoms with E-state index in [-0.39, 0.29) is 5.91 Å². The van der Waals surface area contributed by atoms with E-state index in [0.29, 0.717) is 29.4 Å². The third-order valence-electron chi connectivity index (χ3n) is 4.03. The summed E-state index contributed by atoms with van der Waals surface area (Å²) in [6.07, 6.45) is 1.59. The van der Waals surface area contributed by atoms with Gasteiger partial charge in [0.1, 0.15) is 5.76 Å². The Morgan fingerprint density at radius 2 is 1.86 bits per heavy atom. The van der Waals surface area contributed by atoms with Crippen molar-refractivity contribution < 1.29 is 9.21 Å². The minimum absolute atomic E-state index is 0.151. The topological polar surface area (TPSA) is 85.8 Å². The Morgan fingerprint density at radius 1 is 1.04 bits per heavy atom. The standard InChI is InChI=1S/C20H17N5O2S/c26-20(21-13-16-9-6-12-27-16)17-10-4-5-11-18(17)28-14-19-22-23-24-25(19)15-7-2-1-3-8-15/h1-12H,13-14H2,(H,21,26). The van der Waals surface area contributed by atoms with Crippen molar-refractivity contribution in [2.75, 3.05) is 0 Å². The summed E-state index contributed by atoms with van der Waals surface area (Å²) < 4.78 is 6.96. The number of aromatic nitrogens is 4. The Kier molecular flexibility index (Phi) is 5.48. The number of nitrogens with one attached hydrogen (secondary N) is 1. The van der Waals surface area contributed by atoms with Crippen LogP contribution in [0, 0.1) is 0 Å². The maximum atomic E-state index is 12.6. The molecule has 2 heterocycles. The lowest BCUT2D eigenvalue weighted by atomic mass is 10.2. The second-order valence-corrected chi connectivity index (χ2v) is 6.91. The van der Waals surface area contributed by atoms with Crippen LogP contribution in [0.1, 0.15) is 21.9 Å². The van der Waals surface area contributed by atoms with Crippen LogP contribution >= 0.6 is 11.8 Å². The van der Waals surface area contributed by atoms with Crippen LogP contribution in [-0.2, 0) is 12.3 Å². The van der Waals surface area contributed by atoms with E-state index in [1.807, 2.05) is 54.6 Å². The van der Waals surface area contributed by atoms with Gasteiger partial charge in [-0.3, -0.25) is 4.79 Å². The summed E-state index contributed by atoms with van der Waals surface area (Å²) >= 11 is 1.52. The number of amides is 1. The van der Waals surface area contributed by atoms with Gasteiger partial charge >= 0.3 is 0 Å². The van der Waals surface area contributed by atoms with Crippen molar-refractivity contribution in [2.24, 2.45) is 0 Å². The average Bonchev–Trinajstić information content (AvgIpc) is 3.43. The van der Waals surface area contributed by atoms with E-state index in [0.717, 1.165) is 10.6 Å². The minimum Gasteiger partial charge on any atom is -0.467 e. The molecule has 4 aromatic rings. The van der Waals surface area contributed by atoms with Gasteiger partial charge in [0.15, 0.2) is 5.82 Å². The third kappa shape index (κ3) is 4.12. The number of hydrogen-bond acceptors (Lipinski definition) is 6. The molecule has 28 heavy (non-hydrogen) atoms. The summed E-state index contributed by atoms with van der Waals surface area (Å²) in [6, 6.07) is 20.8. The highest BCUT2D eigenvalue weighted by molar-refractivity contribution is 7.98. The number of nitrogens with zero attached hydrogens (tertiary/aromatic N) is 4. The van der Waals surface area contributed by atoms with Crippen LogP contribution in [0.3, 0.4) is 0 Å². The lowest BCUT2D eigenvalue weighted by Gasteiger charge is -2.09. The second-order valence-electron chi connectivity index (χ2n) is 5.89. The molecule has 7 nitrogen and oxygen atoms in total. The first-order valence-corrected chi connectivity index (χ1v) is 9.65. The van der Waals surface area contributed by atoms with Crippen molar-refractivity contribution in [3.63, 3.8) is 0 Å². The van der Waals surface area contributed by atoms with Crippen molar-refractivity contribution in [2.45, 2.75) is 17.2 Å². The molecule has 0 aliphatic rings. The molecule has 0 saturated heterocycles. The van der Waals surface area contributed by atoms with Crippen LogP contribution < -0.4 is 5.32 Å². The minimum atomic E-state index is -0.151. The van der Waals surface area contributed by atoms with Gasteiger partial charge in [0.25, 0.3) is 5.91 Å². The second kappa shape index (κ2) is 8.53. The van der Waals surface area contributed by atoms with Gasteiger partial charge in [-0.15, -0.1) is 16.9 Å². The van der Waals surface area contributed by atoms with Crippen LogP contribution in [0.5, 0.6) is 0 Å². The Labute approximate surface area is 165 Å². The number of tetrazole rings is 1. The summed E-state index contributed by atoms with van der Waals surface area (Å²) in [7, 11) is 0. The van der Waals surface area contributed by atoms with Gasteiger partial charge in [-0.2, -0.15) is 4.68 Å². The summed E-state index contributed by atoms with van der Waals surface area (Å²) in [5.41, 5.74) is 1.50. The molecular formula is C20H17N5O2S. The maximum absolute atomic E-state index is 12.6. The van der Waals surface area contributed by atoms with Gasteiger partial charge in [0.2, 0.25) is 0 Å². The van der Waals surface area contributed by atoms with Crippen LogP contribution in [-0.4, -0.2) is 26.1 Å². The van der Waals surface area contributed by atoms with E-state index < -0.39 is 0 Å². The molecule has 0 aliphatic heterocycles. The van der Waals surface area contributed by atoms with E-state index in [1.165, 1.54) is 11.8 Å². The third-order valence-corrected chi connectivity index (χ3v) is 5.10. The predicted octanol–water partition coefficient (Wildman–Crippen LogP) is 3.48. The fraction of sp³-hybridized carbons (Fsp3) is 0.100. The number of benzene rings is 2. The van der Waals surface area contributed by atoms with Crippen molar-refractivity contribution >= 4 is 17.7 Å². The number of carbonyl (C=O) groups excluding carboxylic acids is 1. The van der Waals surface area contributed by atoms with Crippen LogP contribution in [0.15, 0.2) is 82.3 Å². The zero-order chi connectivity index (χ0) is 19.2. The first-order valence-electron chi connectivity index (χ1n) is 8.66. The number of para-hydroxylation sites is 1. The Balaban J connectivity index is 1.46. The number of hydrogen-bond donors (Lipinski definition) is 1. The van der Waals surface area contributed by atoms with Gasteiger partial charge in [-0.25, -0.2) is 0 Å². The summed E-state index contributed by atoms with van der Waals surface area (Å²) in [5, 5.41) is 14.9. The first-order chi connectivity index (χ1) is 13.8. The van der Waals surface area contributed by atoms with Crippen molar-refractivity contribution in [3.8, 4) is 5.69 Å². The van der Waals surface area contributed by atoms with Gasteiger partial charge < -0.3 is 9.73 Å². The highest BCUT2D eigenvalue weighted by Gasteiger charge is 2.14. The van der Waals surface area contributed by atoms with Crippen LogP contribution in [0.2, 0.25) is 0 Å². The molecule has 0 saturated carbocycles. The van der Waals surface area contributed by atoms with E-state index in [4.69, 9.17) is 4.42 Å². The molecule has 0 spiro atoms. The number of carbonyl (C=O) groups is 1. The molecule has 4 rings (SSSR count). The molecular weight excluding hydrogens is 374 g/mol. The molecule has 0 atom stereocenters. The Bertz CT molecular complexity index is 1050. The lowest BCUT2D eigenvalue weighted by molar-refractivity contribution is 0.0945. The molecule has 1 N–H and O–H groups in total. The molecule has 0 fully saturated rings. The fourth-order valence-corrected chi connectivity index (χ4v) is 3.62. The Morgan fingerprint density at radius 3 is 2.68 bits per heavy atom. The monoisotopic (exact) mass is 391 g/mol. The molecule has 0 unspecified atom stereocenters. The predicted molar refractivity (Wildman–Crippen MR) is 105 cm³/mol. The first kappa shape index (κ1) is 18.0. The highest BCUT2D eigenvalue weighted by Crippen LogP contribution is 2.26. The number of rotatable bonds is 7. The molecule has 0 aliphatic carbocycles. The molecule has 8 heteroatoms. The largest absolute Gasteiger partial charge is 0.467 e. The molecule has 2 aromatic heterocycles. The van der Waals surface area contributed by atoms with Gasteiger partial charge in [0, 0.05) is 4.90 Å². The molecule has 1 amide bonds. The fourth-order valence-electron chi connectivity index (χ4n) is 2.66. The number of furan rings is 1. The summed E-state index contributed by atoms with van der Waals surface area (Å²) in [6.45, 7) is 0.344. The van der Waals surface area contributed by atoms with E-state index in [9.17, 15) is 4.79 Å². The van der Waals surface area contributed by atoms with Crippen molar-refractivity contribution in [1.82, 2.24) is 25.5 Å². The van der Waals surface area contributed by atoms with Crippen LogP contribution in [0.25, 0.3) is 5.69 Å². The molecule has 0 bridgehead atoms.